The van der Waals surface area contributed by atoms with Crippen LogP contribution in [0.25, 0.3) is 20.5 Å². The number of thiophene rings is 1. The number of aryl methyl sites for hydroxylation is 2. The van der Waals surface area contributed by atoms with Gasteiger partial charge in [0.2, 0.25) is 0 Å². The molecule has 0 saturated carbocycles. The average molecular weight is 275 g/mol. The Labute approximate surface area is 114 Å². The van der Waals surface area contributed by atoms with E-state index in [1.807, 2.05) is 6.92 Å². The van der Waals surface area contributed by atoms with E-state index >= 15 is 0 Å². The zero-order chi connectivity index (χ0) is 12.5. The molecule has 3 heterocycles. The van der Waals surface area contributed by atoms with Crippen LogP contribution in [0.4, 0.5) is 0 Å². The molecule has 0 aromatic carbocycles. The van der Waals surface area contributed by atoms with Crippen molar-refractivity contribution in [3.8, 4) is 20.5 Å². The first-order chi connectivity index (χ1) is 8.78. The zero-order valence-electron chi connectivity index (χ0n) is 10.2. The van der Waals surface area contributed by atoms with Crippen molar-refractivity contribution in [1.29, 1.82) is 0 Å². The summed E-state index contributed by atoms with van der Waals surface area (Å²) in [5.74, 6) is 0. The van der Waals surface area contributed by atoms with Gasteiger partial charge in [0.1, 0.15) is 10.7 Å². The van der Waals surface area contributed by atoms with Gasteiger partial charge in [-0.05, 0) is 30.9 Å². The van der Waals surface area contributed by atoms with Gasteiger partial charge in [0.15, 0.2) is 0 Å². The lowest BCUT2D eigenvalue weighted by Crippen LogP contribution is -1.77. The second-order valence-electron chi connectivity index (χ2n) is 4.04. The van der Waals surface area contributed by atoms with Gasteiger partial charge >= 0.3 is 0 Å². The second kappa shape index (κ2) is 4.66. The number of rotatable bonds is 3. The monoisotopic (exact) mass is 275 g/mol. The maximum absolute atomic E-state index is 4.64. The Morgan fingerprint density at radius 1 is 1.39 bits per heavy atom. The van der Waals surface area contributed by atoms with Crippen molar-refractivity contribution in [2.24, 2.45) is 0 Å². The van der Waals surface area contributed by atoms with Gasteiger partial charge in [0, 0.05) is 5.69 Å². The second-order valence-corrected chi connectivity index (χ2v) is 5.99. The number of hydrogen-bond donors (Lipinski definition) is 1. The van der Waals surface area contributed by atoms with Crippen LogP contribution in [-0.4, -0.2) is 15.2 Å². The van der Waals surface area contributed by atoms with Gasteiger partial charge < -0.3 is 0 Å². The number of hydrogen-bond acceptors (Lipinski definition) is 4. The van der Waals surface area contributed by atoms with Crippen LogP contribution < -0.4 is 0 Å². The van der Waals surface area contributed by atoms with Crippen molar-refractivity contribution < 1.29 is 0 Å². The smallest absolute Gasteiger partial charge is 0.134 e. The first-order valence-electron chi connectivity index (χ1n) is 5.84. The van der Waals surface area contributed by atoms with E-state index in [-0.39, 0.29) is 0 Å². The Hall–Kier alpha value is -1.46. The lowest BCUT2D eigenvalue weighted by atomic mass is 10.2. The lowest BCUT2D eigenvalue weighted by molar-refractivity contribution is 0.976. The van der Waals surface area contributed by atoms with Crippen molar-refractivity contribution >= 4 is 22.7 Å². The summed E-state index contributed by atoms with van der Waals surface area (Å²) in [6, 6.07) is 6.27. The predicted molar refractivity (Wildman–Crippen MR) is 77.1 cm³/mol. The summed E-state index contributed by atoms with van der Waals surface area (Å²) in [6.45, 7) is 4.16. The van der Waals surface area contributed by atoms with Gasteiger partial charge in [-0.15, -0.1) is 22.7 Å². The molecule has 3 aromatic rings. The molecular weight excluding hydrogens is 262 g/mol. The molecule has 92 valence electrons. The topological polar surface area (TPSA) is 41.6 Å². The van der Waals surface area contributed by atoms with Crippen LogP contribution in [0.1, 0.15) is 18.3 Å². The normalized spacial score (nSPS) is 11.0. The van der Waals surface area contributed by atoms with E-state index in [4.69, 9.17) is 0 Å². The Balaban J connectivity index is 2.03. The minimum Gasteiger partial charge on any atom is -0.282 e. The molecule has 0 amide bonds. The first kappa shape index (κ1) is 11.6. The van der Waals surface area contributed by atoms with E-state index in [9.17, 15) is 0 Å². The molecule has 0 aliphatic carbocycles. The Kier molecular flexibility index (Phi) is 3.01. The van der Waals surface area contributed by atoms with Crippen LogP contribution in [0.3, 0.4) is 0 Å². The third-order valence-electron chi connectivity index (χ3n) is 2.77. The van der Waals surface area contributed by atoms with Crippen LogP contribution in [0.5, 0.6) is 0 Å². The summed E-state index contributed by atoms with van der Waals surface area (Å²) in [5.41, 5.74) is 3.22. The third kappa shape index (κ3) is 2.00. The highest BCUT2D eigenvalue weighted by molar-refractivity contribution is 7.23. The van der Waals surface area contributed by atoms with Crippen LogP contribution in [0.2, 0.25) is 0 Å². The van der Waals surface area contributed by atoms with E-state index < -0.39 is 0 Å². The van der Waals surface area contributed by atoms with Gasteiger partial charge in [-0.1, -0.05) is 13.0 Å². The molecular formula is C13H13N3S2. The SMILES string of the molecule is CCc1cc(-c2sc(-c3cccs3)nc2C)n[nH]1. The van der Waals surface area contributed by atoms with Gasteiger partial charge in [-0.2, -0.15) is 5.10 Å². The summed E-state index contributed by atoms with van der Waals surface area (Å²) in [5, 5.41) is 10.6. The minimum absolute atomic E-state index is 0.975. The molecule has 0 bridgehead atoms. The van der Waals surface area contributed by atoms with Crippen LogP contribution >= 0.6 is 22.7 Å². The molecule has 3 nitrogen and oxygen atoms in total. The van der Waals surface area contributed by atoms with E-state index in [0.717, 1.165) is 33.4 Å². The van der Waals surface area contributed by atoms with Crippen molar-refractivity contribution in [3.05, 3.63) is 35.0 Å². The highest BCUT2D eigenvalue weighted by atomic mass is 32.1. The molecule has 1 N–H and O–H groups in total. The molecule has 3 aromatic heterocycles. The Morgan fingerprint density at radius 2 is 2.28 bits per heavy atom. The van der Waals surface area contributed by atoms with Crippen LogP contribution in [0, 0.1) is 6.92 Å². The fourth-order valence-electron chi connectivity index (χ4n) is 1.80. The average Bonchev–Trinajstić information content (AvgIpc) is 3.08. The maximum Gasteiger partial charge on any atom is 0.134 e. The molecule has 0 aliphatic rings. The number of aromatic amines is 1. The van der Waals surface area contributed by atoms with Crippen molar-refractivity contribution in [2.75, 3.05) is 0 Å². The van der Waals surface area contributed by atoms with Gasteiger partial charge in [0.25, 0.3) is 0 Å². The first-order valence-corrected chi connectivity index (χ1v) is 7.53. The van der Waals surface area contributed by atoms with Crippen molar-refractivity contribution in [2.45, 2.75) is 20.3 Å². The molecule has 0 saturated heterocycles. The van der Waals surface area contributed by atoms with E-state index in [2.05, 4.69) is 45.7 Å². The van der Waals surface area contributed by atoms with E-state index in [0.29, 0.717) is 0 Å². The highest BCUT2D eigenvalue weighted by Gasteiger charge is 2.14. The zero-order valence-corrected chi connectivity index (χ0v) is 11.9. The molecule has 0 radical (unpaired) electrons. The van der Waals surface area contributed by atoms with E-state index in [1.165, 1.54) is 4.88 Å². The third-order valence-corrected chi connectivity index (χ3v) is 4.99. The summed E-state index contributed by atoms with van der Waals surface area (Å²) in [7, 11) is 0. The Morgan fingerprint density at radius 3 is 2.94 bits per heavy atom. The minimum atomic E-state index is 0.975. The number of thiazole rings is 1. The molecule has 5 heteroatoms. The highest BCUT2D eigenvalue weighted by Crippen LogP contribution is 2.36. The molecule has 0 aliphatic heterocycles. The number of H-pyrrole nitrogens is 1. The van der Waals surface area contributed by atoms with Crippen molar-refractivity contribution in [1.82, 2.24) is 15.2 Å². The molecule has 3 rings (SSSR count). The van der Waals surface area contributed by atoms with E-state index in [1.54, 1.807) is 22.7 Å². The molecule has 0 atom stereocenters. The number of nitrogens with one attached hydrogen (secondary N) is 1. The largest absolute Gasteiger partial charge is 0.282 e. The fourth-order valence-corrected chi connectivity index (χ4v) is 3.62. The summed E-state index contributed by atoms with van der Waals surface area (Å²) < 4.78 is 0. The number of aromatic nitrogens is 3. The standard InChI is InChI=1S/C13H13N3S2/c1-3-9-7-10(16-15-9)12-8(2)14-13(18-12)11-5-4-6-17-11/h4-7H,3H2,1-2H3,(H,15,16). The molecule has 0 unspecified atom stereocenters. The van der Waals surface area contributed by atoms with Crippen LogP contribution in [-0.2, 0) is 6.42 Å². The predicted octanol–water partition coefficient (Wildman–Crippen LogP) is 4.13. The summed E-state index contributed by atoms with van der Waals surface area (Å²) in [4.78, 5) is 7.02. The van der Waals surface area contributed by atoms with Crippen molar-refractivity contribution in [3.63, 3.8) is 0 Å². The summed E-state index contributed by atoms with van der Waals surface area (Å²) in [6.07, 6.45) is 0.975. The molecule has 0 fully saturated rings. The van der Waals surface area contributed by atoms with Gasteiger partial charge in [-0.25, -0.2) is 4.98 Å². The fraction of sp³-hybridized carbons (Fsp3) is 0.231. The lowest BCUT2D eigenvalue weighted by Gasteiger charge is -1.89. The number of nitrogens with zero attached hydrogens (tertiary/aromatic N) is 2. The maximum atomic E-state index is 4.64. The van der Waals surface area contributed by atoms with Gasteiger partial charge in [-0.3, -0.25) is 5.10 Å². The quantitative estimate of drug-likeness (QED) is 0.780. The molecule has 0 spiro atoms. The summed E-state index contributed by atoms with van der Waals surface area (Å²) >= 11 is 3.43. The van der Waals surface area contributed by atoms with Crippen LogP contribution in [0.15, 0.2) is 23.6 Å². The van der Waals surface area contributed by atoms with Gasteiger partial charge in [0.05, 0.1) is 15.4 Å². The Bertz CT molecular complexity index is 650. The molecule has 18 heavy (non-hydrogen) atoms.